The molecule has 18 heavy (non-hydrogen) atoms. The third kappa shape index (κ3) is 4.57. The Hall–Kier alpha value is -0.620. The summed E-state index contributed by atoms with van der Waals surface area (Å²) >= 11 is 0. The van der Waals surface area contributed by atoms with Gasteiger partial charge in [-0.25, -0.2) is 0 Å². The number of nitrogens with zero attached hydrogens (tertiary/aromatic N) is 1. The minimum atomic E-state index is -3.94. The van der Waals surface area contributed by atoms with Crippen molar-refractivity contribution in [1.29, 1.82) is 5.26 Å². The van der Waals surface area contributed by atoms with E-state index in [-0.39, 0.29) is 17.3 Å². The molecule has 0 radical (unpaired) electrons. The maximum absolute atomic E-state index is 12.0. The van der Waals surface area contributed by atoms with Gasteiger partial charge in [-0.1, -0.05) is 32.3 Å². The predicted molar refractivity (Wildman–Crippen MR) is 70.9 cm³/mol. The van der Waals surface area contributed by atoms with E-state index in [1.165, 1.54) is 6.42 Å². The zero-order valence-corrected chi connectivity index (χ0v) is 12.0. The number of hydrogen-bond acceptors (Lipinski definition) is 3. The monoisotopic (exact) mass is 271 g/mol. The van der Waals surface area contributed by atoms with Crippen LogP contribution in [0.3, 0.4) is 0 Å². The lowest BCUT2D eigenvalue weighted by molar-refractivity contribution is 0.190. The van der Waals surface area contributed by atoms with Crippen LogP contribution in [0, 0.1) is 17.2 Å². The fourth-order valence-corrected chi connectivity index (χ4v) is 3.37. The van der Waals surface area contributed by atoms with Crippen LogP contribution in [0.15, 0.2) is 11.4 Å². The van der Waals surface area contributed by atoms with Gasteiger partial charge in [0.15, 0.2) is 0 Å². The van der Waals surface area contributed by atoms with Gasteiger partial charge in [0, 0.05) is 0 Å². The average molecular weight is 271 g/mol. The molecule has 2 atom stereocenters. The molecular formula is C13H22NO3P. The molecule has 1 rings (SSSR count). The zero-order valence-electron chi connectivity index (χ0n) is 11.1. The number of nitriles is 1. The highest BCUT2D eigenvalue weighted by Crippen LogP contribution is 2.52. The highest BCUT2D eigenvalue weighted by atomic mass is 31.2. The molecule has 5 heteroatoms. The predicted octanol–water partition coefficient (Wildman–Crippen LogP) is 3.97. The SMILES string of the molecule is CCC(C)OP(=O)(O)C(C#N)=CC1CCCCC1. The summed E-state index contributed by atoms with van der Waals surface area (Å²) in [7, 11) is -3.94. The third-order valence-electron chi connectivity index (χ3n) is 3.36. The van der Waals surface area contributed by atoms with Crippen molar-refractivity contribution in [3.8, 4) is 6.07 Å². The van der Waals surface area contributed by atoms with Gasteiger partial charge in [0.1, 0.15) is 11.4 Å². The standard InChI is InChI=1S/C13H22NO3P/c1-3-11(2)17-18(15,16)13(10-14)9-12-7-5-4-6-8-12/h9,11-12H,3-8H2,1-2H3,(H,15,16). The van der Waals surface area contributed by atoms with Gasteiger partial charge in [-0.2, -0.15) is 5.26 Å². The molecular weight excluding hydrogens is 249 g/mol. The maximum Gasteiger partial charge on any atom is 0.369 e. The fourth-order valence-electron chi connectivity index (χ4n) is 2.09. The Morgan fingerprint density at radius 2 is 2.17 bits per heavy atom. The second kappa shape index (κ2) is 7.09. The first-order chi connectivity index (χ1) is 8.49. The third-order valence-corrected chi connectivity index (χ3v) is 4.86. The zero-order chi connectivity index (χ0) is 13.6. The molecule has 2 unspecified atom stereocenters. The molecule has 0 aliphatic heterocycles. The van der Waals surface area contributed by atoms with Crippen LogP contribution in [0.1, 0.15) is 52.4 Å². The molecule has 1 aliphatic carbocycles. The molecule has 0 aromatic heterocycles. The van der Waals surface area contributed by atoms with E-state index in [9.17, 15) is 9.46 Å². The minimum absolute atomic E-state index is 0.0882. The normalized spacial score (nSPS) is 23.1. The maximum atomic E-state index is 12.0. The largest absolute Gasteiger partial charge is 0.369 e. The first-order valence-corrected chi connectivity index (χ1v) is 8.21. The molecule has 4 nitrogen and oxygen atoms in total. The van der Waals surface area contributed by atoms with Crippen molar-refractivity contribution in [3.63, 3.8) is 0 Å². The summed E-state index contributed by atoms with van der Waals surface area (Å²) in [6.45, 7) is 3.61. The molecule has 0 heterocycles. The number of rotatable bonds is 5. The van der Waals surface area contributed by atoms with Crippen molar-refractivity contribution in [1.82, 2.24) is 0 Å². The van der Waals surface area contributed by atoms with Crippen molar-refractivity contribution >= 4 is 7.60 Å². The quantitative estimate of drug-likeness (QED) is 0.606. The van der Waals surface area contributed by atoms with E-state index in [1.54, 1.807) is 13.0 Å². The molecule has 0 bridgehead atoms. The lowest BCUT2D eigenvalue weighted by Gasteiger charge is -2.20. The van der Waals surface area contributed by atoms with Gasteiger partial charge in [0.2, 0.25) is 0 Å². The van der Waals surface area contributed by atoms with Crippen LogP contribution < -0.4 is 0 Å². The second-order valence-corrected chi connectivity index (χ2v) is 6.64. The Kier molecular flexibility index (Phi) is 6.08. The smallest absolute Gasteiger partial charge is 0.320 e. The highest BCUT2D eigenvalue weighted by Gasteiger charge is 2.29. The first kappa shape index (κ1) is 15.4. The number of allylic oxidation sites excluding steroid dienone is 2. The summed E-state index contributed by atoms with van der Waals surface area (Å²) < 4.78 is 17.1. The van der Waals surface area contributed by atoms with Crippen molar-refractivity contribution < 1.29 is 14.0 Å². The molecule has 0 aromatic carbocycles. The summed E-state index contributed by atoms with van der Waals surface area (Å²) in [6, 6.07) is 1.84. The second-order valence-electron chi connectivity index (χ2n) is 4.91. The Morgan fingerprint density at radius 3 is 2.67 bits per heavy atom. The van der Waals surface area contributed by atoms with E-state index < -0.39 is 7.60 Å². The van der Waals surface area contributed by atoms with E-state index in [1.807, 2.05) is 13.0 Å². The highest BCUT2D eigenvalue weighted by molar-refractivity contribution is 7.57. The van der Waals surface area contributed by atoms with E-state index in [0.717, 1.165) is 25.7 Å². The van der Waals surface area contributed by atoms with Crippen LogP contribution in [0.25, 0.3) is 0 Å². The molecule has 1 aliphatic rings. The molecule has 102 valence electrons. The fraction of sp³-hybridized carbons (Fsp3) is 0.769. The summed E-state index contributed by atoms with van der Waals surface area (Å²) in [4.78, 5) is 9.85. The first-order valence-electron chi connectivity index (χ1n) is 6.63. The lowest BCUT2D eigenvalue weighted by Crippen LogP contribution is -2.07. The van der Waals surface area contributed by atoms with E-state index in [4.69, 9.17) is 9.79 Å². The van der Waals surface area contributed by atoms with Crippen molar-refractivity contribution in [2.24, 2.45) is 5.92 Å². The average Bonchev–Trinajstić information content (AvgIpc) is 2.36. The van der Waals surface area contributed by atoms with E-state index in [0.29, 0.717) is 6.42 Å². The molecule has 1 saturated carbocycles. The van der Waals surface area contributed by atoms with Gasteiger partial charge >= 0.3 is 7.60 Å². The number of hydrogen-bond donors (Lipinski definition) is 1. The molecule has 0 spiro atoms. The molecule has 1 N–H and O–H groups in total. The summed E-state index contributed by atoms with van der Waals surface area (Å²) in [5.74, 6) is 0.245. The summed E-state index contributed by atoms with van der Waals surface area (Å²) in [5.41, 5.74) is 0. The van der Waals surface area contributed by atoms with Gasteiger partial charge in [-0.15, -0.1) is 0 Å². The Bertz CT molecular complexity index is 380. The summed E-state index contributed by atoms with van der Waals surface area (Å²) in [5, 5.41) is 8.96. The topological polar surface area (TPSA) is 70.3 Å². The van der Waals surface area contributed by atoms with Gasteiger partial charge < -0.3 is 9.42 Å². The van der Waals surface area contributed by atoms with Gasteiger partial charge in [-0.3, -0.25) is 4.57 Å². The minimum Gasteiger partial charge on any atom is -0.320 e. The lowest BCUT2D eigenvalue weighted by atomic mass is 9.89. The molecule has 0 amide bonds. The van der Waals surface area contributed by atoms with Crippen LogP contribution >= 0.6 is 7.60 Å². The van der Waals surface area contributed by atoms with Crippen LogP contribution in [-0.2, 0) is 9.09 Å². The summed E-state index contributed by atoms with van der Waals surface area (Å²) in [6.07, 6.45) is 7.44. The van der Waals surface area contributed by atoms with Crippen molar-refractivity contribution in [2.45, 2.75) is 58.5 Å². The van der Waals surface area contributed by atoms with Gasteiger partial charge in [-0.05, 0) is 32.1 Å². The van der Waals surface area contributed by atoms with Crippen molar-refractivity contribution in [2.75, 3.05) is 0 Å². The molecule has 1 fully saturated rings. The molecule has 0 aromatic rings. The van der Waals surface area contributed by atoms with Crippen molar-refractivity contribution in [3.05, 3.63) is 11.4 Å². The van der Waals surface area contributed by atoms with Crippen LogP contribution in [0.4, 0.5) is 0 Å². The van der Waals surface area contributed by atoms with E-state index in [2.05, 4.69) is 0 Å². The molecule has 0 saturated heterocycles. The van der Waals surface area contributed by atoms with Gasteiger partial charge in [0.25, 0.3) is 0 Å². The van der Waals surface area contributed by atoms with Crippen LogP contribution in [-0.4, -0.2) is 11.0 Å². The Morgan fingerprint density at radius 1 is 1.56 bits per heavy atom. The Labute approximate surface area is 109 Å². The Balaban J connectivity index is 2.77. The van der Waals surface area contributed by atoms with Crippen LogP contribution in [0.5, 0.6) is 0 Å². The van der Waals surface area contributed by atoms with Crippen LogP contribution in [0.2, 0.25) is 0 Å². The van der Waals surface area contributed by atoms with Gasteiger partial charge in [0.05, 0.1) is 6.10 Å². The van der Waals surface area contributed by atoms with E-state index >= 15 is 0 Å².